The van der Waals surface area contributed by atoms with Crippen LogP contribution in [0.3, 0.4) is 0 Å². The van der Waals surface area contributed by atoms with Gasteiger partial charge in [-0.05, 0) is 32.6 Å². The molecule has 0 aromatic carbocycles. The van der Waals surface area contributed by atoms with Gasteiger partial charge in [0.2, 0.25) is 0 Å². The van der Waals surface area contributed by atoms with Gasteiger partial charge < -0.3 is 9.47 Å². The number of hydrogen-bond donors (Lipinski definition) is 0. The van der Waals surface area contributed by atoms with Gasteiger partial charge in [-0.25, -0.2) is 0 Å². The van der Waals surface area contributed by atoms with Gasteiger partial charge in [0.05, 0.1) is 6.10 Å². The number of rotatable bonds is 4. The minimum Gasteiger partial charge on any atom is -0.353 e. The maximum atomic E-state index is 5.62. The molecule has 0 bridgehead atoms. The fraction of sp³-hybridized carbons (Fsp3) is 1.00. The lowest BCUT2D eigenvalue weighted by Crippen LogP contribution is -2.26. The molecule has 1 fully saturated rings. The van der Waals surface area contributed by atoms with E-state index in [-0.39, 0.29) is 12.4 Å². The third kappa shape index (κ3) is 3.74. The molecule has 1 heterocycles. The Morgan fingerprint density at radius 2 is 2.42 bits per heavy atom. The van der Waals surface area contributed by atoms with Crippen molar-refractivity contribution in [3.63, 3.8) is 0 Å². The summed E-state index contributed by atoms with van der Waals surface area (Å²) in [4.78, 5) is 0. The highest BCUT2D eigenvalue weighted by atomic mass is 35.5. The monoisotopic (exact) mass is 192 g/mol. The van der Waals surface area contributed by atoms with Crippen LogP contribution in [-0.4, -0.2) is 24.9 Å². The summed E-state index contributed by atoms with van der Waals surface area (Å²) in [6.07, 6.45) is 4.58. The van der Waals surface area contributed by atoms with Crippen LogP contribution in [0.25, 0.3) is 0 Å². The summed E-state index contributed by atoms with van der Waals surface area (Å²) >= 11 is 5.59. The van der Waals surface area contributed by atoms with Crippen LogP contribution < -0.4 is 0 Å². The molecule has 0 aromatic rings. The average Bonchev–Trinajstić information content (AvgIpc) is 2.06. The zero-order valence-electron chi connectivity index (χ0n) is 7.59. The average molecular weight is 193 g/mol. The molecule has 2 nitrogen and oxygen atoms in total. The second kappa shape index (κ2) is 5.79. The molecule has 2 unspecified atom stereocenters. The van der Waals surface area contributed by atoms with Crippen LogP contribution in [-0.2, 0) is 9.47 Å². The molecule has 72 valence electrons. The fourth-order valence-electron chi connectivity index (χ4n) is 1.30. The predicted molar refractivity (Wildman–Crippen MR) is 49.5 cm³/mol. The lowest BCUT2D eigenvalue weighted by Gasteiger charge is -2.25. The van der Waals surface area contributed by atoms with Crippen LogP contribution in [0.15, 0.2) is 0 Å². The molecule has 12 heavy (non-hydrogen) atoms. The smallest absolute Gasteiger partial charge is 0.157 e. The van der Waals surface area contributed by atoms with Crippen LogP contribution in [0.5, 0.6) is 0 Å². The molecular weight excluding hydrogens is 176 g/mol. The summed E-state index contributed by atoms with van der Waals surface area (Å²) in [5, 5.41) is 0. The molecule has 0 radical (unpaired) electrons. The fourth-order valence-corrected chi connectivity index (χ4v) is 1.61. The SMILES string of the molecule is CC(CCCl)OC1CCCCO1. The molecule has 2 atom stereocenters. The zero-order chi connectivity index (χ0) is 8.81. The lowest BCUT2D eigenvalue weighted by atomic mass is 10.2. The highest BCUT2D eigenvalue weighted by Gasteiger charge is 2.16. The third-order valence-electron chi connectivity index (χ3n) is 2.04. The predicted octanol–water partition coefficient (Wildman–Crippen LogP) is 2.55. The van der Waals surface area contributed by atoms with Crippen LogP contribution in [0.4, 0.5) is 0 Å². The molecule has 1 aliphatic heterocycles. The first-order chi connectivity index (χ1) is 5.83. The van der Waals surface area contributed by atoms with Crippen molar-refractivity contribution in [3.8, 4) is 0 Å². The maximum Gasteiger partial charge on any atom is 0.157 e. The van der Waals surface area contributed by atoms with Crippen molar-refractivity contribution in [2.24, 2.45) is 0 Å². The van der Waals surface area contributed by atoms with Crippen molar-refractivity contribution >= 4 is 11.6 Å². The van der Waals surface area contributed by atoms with Gasteiger partial charge in [-0.3, -0.25) is 0 Å². The minimum absolute atomic E-state index is 0.0250. The first kappa shape index (κ1) is 10.3. The van der Waals surface area contributed by atoms with Crippen molar-refractivity contribution in [2.75, 3.05) is 12.5 Å². The van der Waals surface area contributed by atoms with Crippen molar-refractivity contribution in [1.29, 1.82) is 0 Å². The summed E-state index contributed by atoms with van der Waals surface area (Å²) in [7, 11) is 0. The molecule has 0 N–H and O–H groups in total. The molecule has 0 amide bonds. The molecule has 0 aliphatic carbocycles. The van der Waals surface area contributed by atoms with Crippen molar-refractivity contribution in [1.82, 2.24) is 0 Å². The van der Waals surface area contributed by atoms with Crippen LogP contribution in [0.2, 0.25) is 0 Å². The van der Waals surface area contributed by atoms with Gasteiger partial charge in [0.15, 0.2) is 6.29 Å². The van der Waals surface area contributed by atoms with Gasteiger partial charge in [-0.15, -0.1) is 11.6 Å². The highest BCUT2D eigenvalue weighted by Crippen LogP contribution is 2.16. The Morgan fingerprint density at radius 3 is 3.00 bits per heavy atom. The highest BCUT2D eigenvalue weighted by molar-refractivity contribution is 6.17. The second-order valence-corrected chi connectivity index (χ2v) is 3.60. The lowest BCUT2D eigenvalue weighted by molar-refractivity contribution is -0.184. The minimum atomic E-state index is 0.0250. The number of alkyl halides is 1. The van der Waals surface area contributed by atoms with Crippen molar-refractivity contribution in [3.05, 3.63) is 0 Å². The van der Waals surface area contributed by atoms with Crippen molar-refractivity contribution < 1.29 is 9.47 Å². The molecule has 1 aliphatic rings. The Morgan fingerprint density at radius 1 is 1.58 bits per heavy atom. The van der Waals surface area contributed by atoms with E-state index in [9.17, 15) is 0 Å². The number of ether oxygens (including phenoxy) is 2. The topological polar surface area (TPSA) is 18.5 Å². The number of halogens is 1. The first-order valence-electron chi connectivity index (χ1n) is 4.66. The van der Waals surface area contributed by atoms with E-state index in [4.69, 9.17) is 21.1 Å². The Bertz CT molecular complexity index is 113. The molecular formula is C9H17ClO2. The summed E-state index contributed by atoms with van der Waals surface area (Å²) < 4.78 is 11.1. The quantitative estimate of drug-likeness (QED) is 0.638. The van der Waals surface area contributed by atoms with Gasteiger partial charge in [0.25, 0.3) is 0 Å². The first-order valence-corrected chi connectivity index (χ1v) is 5.19. The summed E-state index contributed by atoms with van der Waals surface area (Å²) in [6.45, 7) is 2.89. The zero-order valence-corrected chi connectivity index (χ0v) is 8.35. The number of hydrogen-bond acceptors (Lipinski definition) is 2. The van der Waals surface area contributed by atoms with E-state index in [1.54, 1.807) is 0 Å². The van der Waals surface area contributed by atoms with Gasteiger partial charge in [0.1, 0.15) is 0 Å². The third-order valence-corrected chi connectivity index (χ3v) is 2.26. The Kier molecular flexibility index (Phi) is 4.96. The van der Waals surface area contributed by atoms with Crippen LogP contribution >= 0.6 is 11.6 Å². The van der Waals surface area contributed by atoms with E-state index in [0.717, 1.165) is 19.4 Å². The van der Waals surface area contributed by atoms with Crippen LogP contribution in [0.1, 0.15) is 32.6 Å². The van der Waals surface area contributed by atoms with E-state index in [0.29, 0.717) is 5.88 Å². The summed E-state index contributed by atoms with van der Waals surface area (Å²) in [6, 6.07) is 0. The molecule has 1 saturated heterocycles. The molecule has 0 aromatic heterocycles. The Balaban J connectivity index is 2.11. The van der Waals surface area contributed by atoms with Gasteiger partial charge in [-0.2, -0.15) is 0 Å². The van der Waals surface area contributed by atoms with Crippen LogP contribution in [0, 0.1) is 0 Å². The summed E-state index contributed by atoms with van der Waals surface area (Å²) in [5.41, 5.74) is 0. The van der Waals surface area contributed by atoms with E-state index in [1.165, 1.54) is 12.8 Å². The molecule has 3 heteroatoms. The van der Waals surface area contributed by atoms with E-state index in [2.05, 4.69) is 0 Å². The second-order valence-electron chi connectivity index (χ2n) is 3.22. The normalized spacial score (nSPS) is 27.0. The standard InChI is InChI=1S/C9H17ClO2/c1-8(5-6-10)12-9-4-2-3-7-11-9/h8-9H,2-7H2,1H3. The van der Waals surface area contributed by atoms with Crippen molar-refractivity contribution in [2.45, 2.75) is 45.0 Å². The summed E-state index contributed by atoms with van der Waals surface area (Å²) in [5.74, 6) is 0.661. The molecule has 0 spiro atoms. The van der Waals surface area contributed by atoms with E-state index < -0.39 is 0 Å². The Labute approximate surface area is 79.2 Å². The molecule has 0 saturated carbocycles. The van der Waals surface area contributed by atoms with Gasteiger partial charge in [0, 0.05) is 12.5 Å². The maximum absolute atomic E-state index is 5.62. The van der Waals surface area contributed by atoms with E-state index in [1.807, 2.05) is 6.92 Å². The van der Waals surface area contributed by atoms with Gasteiger partial charge >= 0.3 is 0 Å². The van der Waals surface area contributed by atoms with E-state index >= 15 is 0 Å². The Hall–Kier alpha value is 0.210. The van der Waals surface area contributed by atoms with Gasteiger partial charge in [-0.1, -0.05) is 0 Å². The molecule has 1 rings (SSSR count). The largest absolute Gasteiger partial charge is 0.353 e.